The Hall–Kier alpha value is -3.20. The zero-order valence-corrected chi connectivity index (χ0v) is 17.7. The van der Waals surface area contributed by atoms with Crippen molar-refractivity contribution in [2.45, 2.75) is 25.9 Å². The van der Waals surface area contributed by atoms with Crippen molar-refractivity contribution >= 4 is 29.3 Å². The first-order valence-electron chi connectivity index (χ1n) is 9.02. The Morgan fingerprint density at radius 1 is 1.20 bits per heavy atom. The van der Waals surface area contributed by atoms with Crippen LogP contribution >= 0.6 is 11.8 Å². The Morgan fingerprint density at radius 2 is 1.87 bits per heavy atom. The number of aromatic amines is 1. The Morgan fingerprint density at radius 3 is 2.43 bits per heavy atom. The molecule has 9 heteroatoms. The molecule has 0 aliphatic heterocycles. The van der Waals surface area contributed by atoms with Crippen molar-refractivity contribution in [3.8, 4) is 5.69 Å². The standard InChI is InChI=1S/C21H20FN3O4S/c1-11-18(13(3)26)12(2)24-19(11)17(27)10-29-20(28)16-9-23-21(30-4)25(16)15-7-5-14(22)6-8-15/h5-9,24H,10H2,1-4H3. The average Bonchev–Trinajstić information content (AvgIpc) is 3.27. The van der Waals surface area contributed by atoms with Gasteiger partial charge in [-0.05, 0) is 56.9 Å². The summed E-state index contributed by atoms with van der Waals surface area (Å²) in [6, 6.07) is 5.60. The Kier molecular flexibility index (Phi) is 6.21. The number of ketones is 2. The fraction of sp³-hybridized carbons (Fsp3) is 0.238. The lowest BCUT2D eigenvalue weighted by molar-refractivity contribution is 0.0464. The summed E-state index contributed by atoms with van der Waals surface area (Å²) in [5, 5.41) is 0.516. The van der Waals surface area contributed by atoms with E-state index < -0.39 is 24.2 Å². The number of esters is 1. The zero-order valence-electron chi connectivity index (χ0n) is 16.9. The molecule has 0 radical (unpaired) electrons. The summed E-state index contributed by atoms with van der Waals surface area (Å²) >= 11 is 1.31. The number of carbonyl (C=O) groups excluding carboxylic acids is 3. The quantitative estimate of drug-likeness (QED) is 0.348. The van der Waals surface area contributed by atoms with Crippen molar-refractivity contribution in [1.82, 2.24) is 14.5 Å². The second-order valence-corrected chi connectivity index (χ2v) is 7.40. The SMILES string of the molecule is CSc1ncc(C(=O)OCC(=O)c2[nH]c(C)c(C(C)=O)c2C)n1-c1ccc(F)cc1. The van der Waals surface area contributed by atoms with E-state index in [9.17, 15) is 18.8 Å². The van der Waals surface area contributed by atoms with Gasteiger partial charge in [0.15, 0.2) is 23.2 Å². The average molecular weight is 429 g/mol. The van der Waals surface area contributed by atoms with Crippen LogP contribution in [0, 0.1) is 19.7 Å². The van der Waals surface area contributed by atoms with E-state index in [-0.39, 0.29) is 17.2 Å². The molecule has 30 heavy (non-hydrogen) atoms. The lowest BCUT2D eigenvalue weighted by Gasteiger charge is -2.10. The molecule has 3 aromatic rings. The molecule has 0 saturated heterocycles. The van der Waals surface area contributed by atoms with Crippen molar-refractivity contribution < 1.29 is 23.5 Å². The Labute approximate surface area is 176 Å². The number of nitrogens with zero attached hydrogens (tertiary/aromatic N) is 2. The van der Waals surface area contributed by atoms with Gasteiger partial charge in [-0.25, -0.2) is 14.2 Å². The van der Waals surface area contributed by atoms with Crippen LogP contribution in [0.3, 0.4) is 0 Å². The highest BCUT2D eigenvalue weighted by Crippen LogP contribution is 2.23. The molecular weight excluding hydrogens is 409 g/mol. The third kappa shape index (κ3) is 4.06. The molecule has 2 heterocycles. The van der Waals surface area contributed by atoms with Gasteiger partial charge in [0, 0.05) is 16.9 Å². The van der Waals surface area contributed by atoms with Gasteiger partial charge in [-0.1, -0.05) is 11.8 Å². The van der Waals surface area contributed by atoms with E-state index in [4.69, 9.17) is 4.74 Å². The molecule has 0 spiro atoms. The summed E-state index contributed by atoms with van der Waals surface area (Å²) in [6.45, 7) is 4.30. The van der Waals surface area contributed by atoms with Crippen molar-refractivity contribution in [1.29, 1.82) is 0 Å². The van der Waals surface area contributed by atoms with Crippen molar-refractivity contribution in [3.63, 3.8) is 0 Å². The van der Waals surface area contributed by atoms with Crippen LogP contribution in [0.1, 0.15) is 49.5 Å². The molecule has 0 aliphatic rings. The van der Waals surface area contributed by atoms with Gasteiger partial charge in [-0.2, -0.15) is 0 Å². The maximum Gasteiger partial charge on any atom is 0.357 e. The van der Waals surface area contributed by atoms with Gasteiger partial charge in [0.1, 0.15) is 5.82 Å². The van der Waals surface area contributed by atoms with Crippen LogP contribution in [0.4, 0.5) is 4.39 Å². The minimum Gasteiger partial charge on any atom is -0.452 e. The maximum atomic E-state index is 13.3. The number of nitrogens with one attached hydrogen (secondary N) is 1. The molecule has 1 aromatic carbocycles. The third-order valence-electron chi connectivity index (χ3n) is 4.61. The smallest absolute Gasteiger partial charge is 0.357 e. The highest BCUT2D eigenvalue weighted by atomic mass is 32.2. The molecule has 0 bridgehead atoms. The molecule has 3 rings (SSSR count). The number of aryl methyl sites for hydroxylation is 1. The number of halogens is 1. The first-order valence-corrected chi connectivity index (χ1v) is 10.2. The zero-order chi connectivity index (χ0) is 22.0. The van der Waals surface area contributed by atoms with Crippen LogP contribution in [-0.2, 0) is 4.74 Å². The first-order chi connectivity index (χ1) is 14.2. The number of thioether (sulfide) groups is 1. The monoisotopic (exact) mass is 429 g/mol. The number of H-pyrrole nitrogens is 1. The van der Waals surface area contributed by atoms with Gasteiger partial charge in [0.2, 0.25) is 5.78 Å². The number of hydrogen-bond donors (Lipinski definition) is 1. The summed E-state index contributed by atoms with van der Waals surface area (Å²) in [7, 11) is 0. The van der Waals surface area contributed by atoms with Crippen LogP contribution in [0.15, 0.2) is 35.6 Å². The minimum absolute atomic E-state index is 0.113. The number of ether oxygens (including phenoxy) is 1. The normalized spacial score (nSPS) is 10.8. The molecule has 0 saturated carbocycles. The minimum atomic E-state index is -0.742. The van der Waals surface area contributed by atoms with Crippen LogP contribution in [0.2, 0.25) is 0 Å². The molecule has 0 unspecified atom stereocenters. The lowest BCUT2D eigenvalue weighted by atomic mass is 10.1. The highest BCUT2D eigenvalue weighted by molar-refractivity contribution is 7.98. The number of carbonyl (C=O) groups is 3. The van der Waals surface area contributed by atoms with Gasteiger partial charge in [0.25, 0.3) is 0 Å². The molecule has 0 amide bonds. The van der Waals surface area contributed by atoms with Gasteiger partial charge in [-0.3, -0.25) is 14.2 Å². The first kappa shape index (κ1) is 21.5. The number of benzene rings is 1. The summed E-state index contributed by atoms with van der Waals surface area (Å²) in [4.78, 5) is 44.0. The van der Waals surface area contributed by atoms with Gasteiger partial charge >= 0.3 is 5.97 Å². The van der Waals surface area contributed by atoms with Gasteiger partial charge in [-0.15, -0.1) is 0 Å². The summed E-state index contributed by atoms with van der Waals surface area (Å²) < 4.78 is 20.0. The van der Waals surface area contributed by atoms with E-state index in [0.717, 1.165) is 0 Å². The molecule has 1 N–H and O–H groups in total. The van der Waals surface area contributed by atoms with E-state index in [2.05, 4.69) is 9.97 Å². The summed E-state index contributed by atoms with van der Waals surface area (Å²) in [6.07, 6.45) is 3.14. The molecule has 2 aromatic heterocycles. The molecular formula is C21H20FN3O4S. The topological polar surface area (TPSA) is 94.1 Å². The predicted octanol–water partition coefficient (Wildman–Crippen LogP) is 3.92. The van der Waals surface area contributed by atoms with E-state index in [1.807, 2.05) is 0 Å². The second kappa shape index (κ2) is 8.66. The van der Waals surface area contributed by atoms with Crippen molar-refractivity contribution in [2.75, 3.05) is 12.9 Å². The fourth-order valence-electron chi connectivity index (χ4n) is 3.30. The maximum absolute atomic E-state index is 13.3. The van der Waals surface area contributed by atoms with Crippen LogP contribution in [0.25, 0.3) is 5.69 Å². The number of Topliss-reactive ketones (excluding diaryl/α,β-unsaturated/α-hetero) is 2. The predicted molar refractivity (Wildman–Crippen MR) is 110 cm³/mol. The molecule has 0 fully saturated rings. The Balaban J connectivity index is 1.81. The van der Waals surface area contributed by atoms with Crippen LogP contribution in [-0.4, -0.2) is 44.9 Å². The molecule has 0 aliphatic carbocycles. The van der Waals surface area contributed by atoms with Gasteiger partial charge < -0.3 is 9.72 Å². The summed E-state index contributed by atoms with van der Waals surface area (Å²) in [5.41, 5.74) is 2.47. The molecule has 156 valence electrons. The molecule has 7 nitrogen and oxygen atoms in total. The third-order valence-corrected chi connectivity index (χ3v) is 5.26. The summed E-state index contributed by atoms with van der Waals surface area (Å²) in [5.74, 6) is -1.74. The fourth-order valence-corrected chi connectivity index (χ4v) is 3.84. The number of rotatable bonds is 7. The van der Waals surface area contributed by atoms with E-state index in [1.54, 1.807) is 20.1 Å². The van der Waals surface area contributed by atoms with E-state index in [1.165, 1.54) is 53.7 Å². The molecule has 0 atom stereocenters. The van der Waals surface area contributed by atoms with Crippen LogP contribution in [0.5, 0.6) is 0 Å². The number of imidazole rings is 1. The van der Waals surface area contributed by atoms with Gasteiger partial charge in [0.05, 0.1) is 11.9 Å². The van der Waals surface area contributed by atoms with E-state index in [0.29, 0.717) is 27.7 Å². The van der Waals surface area contributed by atoms with Crippen molar-refractivity contribution in [2.24, 2.45) is 0 Å². The van der Waals surface area contributed by atoms with Crippen LogP contribution < -0.4 is 0 Å². The highest BCUT2D eigenvalue weighted by Gasteiger charge is 2.23. The van der Waals surface area contributed by atoms with Crippen molar-refractivity contribution in [3.05, 3.63) is 64.5 Å². The lowest BCUT2D eigenvalue weighted by Crippen LogP contribution is -2.18. The number of aromatic nitrogens is 3. The largest absolute Gasteiger partial charge is 0.452 e. The second-order valence-electron chi connectivity index (χ2n) is 6.62. The Bertz CT molecular complexity index is 1130. The number of hydrogen-bond acceptors (Lipinski definition) is 6. The van der Waals surface area contributed by atoms with E-state index >= 15 is 0 Å².